The smallest absolute Gasteiger partial charge is 0.107 e. The molecule has 0 bridgehead atoms. The molecule has 2 aromatic rings. The van der Waals surface area contributed by atoms with Gasteiger partial charge in [-0.1, -0.05) is 54.1 Å². The van der Waals surface area contributed by atoms with Crippen LogP contribution in [0.15, 0.2) is 84.6 Å². The van der Waals surface area contributed by atoms with Gasteiger partial charge in [-0.15, -0.1) is 11.8 Å². The lowest BCUT2D eigenvalue weighted by molar-refractivity contribution is 0.598. The summed E-state index contributed by atoms with van der Waals surface area (Å²) in [5.41, 5.74) is 0. The highest BCUT2D eigenvalue weighted by atomic mass is 32.2. The average Bonchev–Trinajstić information content (AvgIpc) is 2.50. The van der Waals surface area contributed by atoms with Gasteiger partial charge < -0.3 is 0 Å². The van der Waals surface area contributed by atoms with Crippen LogP contribution in [0.2, 0.25) is 0 Å². The van der Waals surface area contributed by atoms with Gasteiger partial charge in [0.25, 0.3) is 0 Å². The van der Waals surface area contributed by atoms with Crippen molar-refractivity contribution in [3.63, 3.8) is 0 Å². The Hall–Kier alpha value is -1.63. The molecule has 0 aliphatic heterocycles. The zero-order valence-corrected chi connectivity index (χ0v) is 12.3. The molecule has 0 radical (unpaired) electrons. The van der Waals surface area contributed by atoms with Crippen molar-refractivity contribution in [2.24, 2.45) is 0 Å². The molecule has 0 fully saturated rings. The van der Waals surface area contributed by atoms with Crippen LogP contribution < -0.4 is 10.6 Å². The van der Waals surface area contributed by atoms with Crippen LogP contribution >= 0.6 is 19.6 Å². The van der Waals surface area contributed by atoms with E-state index in [1.165, 1.54) is 11.8 Å². The maximum atomic E-state index is 12.0. The van der Waals surface area contributed by atoms with Gasteiger partial charge in [-0.05, 0) is 35.1 Å². The molecule has 0 heterocycles. The van der Waals surface area contributed by atoms with Crippen molar-refractivity contribution in [3.05, 3.63) is 84.6 Å². The Balaban J connectivity index is 0.000000312. The fraction of sp³-hybridized carbons (Fsp3) is 0. The zero-order chi connectivity index (χ0) is 13.9. The number of rotatable bonds is 4. The first-order chi connectivity index (χ1) is 9.29. The van der Waals surface area contributed by atoms with Crippen molar-refractivity contribution in [1.82, 2.24) is 0 Å². The van der Waals surface area contributed by atoms with Gasteiger partial charge in [0.05, 0.1) is 0 Å². The Morgan fingerprint density at radius 2 is 1.16 bits per heavy atom. The zero-order valence-electron chi connectivity index (χ0n) is 10.6. The highest BCUT2D eigenvalue weighted by molar-refractivity contribution is 8.04. The monoisotopic (exact) mass is 287 g/mol. The van der Waals surface area contributed by atoms with E-state index in [1.807, 2.05) is 60.7 Å². The summed E-state index contributed by atoms with van der Waals surface area (Å²) in [6.45, 7) is 6.88. The van der Waals surface area contributed by atoms with Gasteiger partial charge in [0.1, 0.15) is 0 Å². The molecule has 0 saturated heterocycles. The van der Waals surface area contributed by atoms with E-state index < -0.39 is 7.80 Å². The van der Waals surface area contributed by atoms with Crippen molar-refractivity contribution in [2.75, 3.05) is 0 Å². The van der Waals surface area contributed by atoms with Gasteiger partial charge in [-0.25, -0.2) is 0 Å². The molecule has 0 aliphatic carbocycles. The van der Waals surface area contributed by atoms with Crippen molar-refractivity contribution in [2.45, 2.75) is 0 Å². The van der Waals surface area contributed by atoms with Crippen LogP contribution in [0.4, 0.5) is 0 Å². The fourth-order valence-corrected chi connectivity index (χ4v) is 2.66. The summed E-state index contributed by atoms with van der Waals surface area (Å²) in [4.78, 5) is 0. The minimum absolute atomic E-state index is 0.883. The summed E-state index contributed by atoms with van der Waals surface area (Å²) in [5.74, 6) is 0. The Morgan fingerprint density at radius 1 is 0.789 bits per heavy atom. The summed E-state index contributed by atoms with van der Waals surface area (Å²) in [5, 5.41) is 5.22. The molecule has 0 N–H and O–H groups in total. The molecular weight excluding hydrogens is 271 g/mol. The van der Waals surface area contributed by atoms with E-state index in [0.29, 0.717) is 0 Å². The fourth-order valence-electron chi connectivity index (χ4n) is 1.34. The number of thioether (sulfide) groups is 1. The summed E-state index contributed by atoms with van der Waals surface area (Å²) in [7, 11) is -1.42. The van der Waals surface area contributed by atoms with E-state index in [-0.39, 0.29) is 0 Å². The maximum Gasteiger partial charge on any atom is 0.415 e. The first-order valence-electron chi connectivity index (χ1n) is 5.74. The van der Waals surface area contributed by atoms with Gasteiger partial charge >= 0.3 is 7.80 Å². The average molecular weight is 287 g/mol. The second kappa shape index (κ2) is 9.32. The maximum absolute atomic E-state index is 12.0. The lowest BCUT2D eigenvalue weighted by atomic mass is 10.4. The molecule has 0 amide bonds. The van der Waals surface area contributed by atoms with E-state index >= 15 is 0 Å². The van der Waals surface area contributed by atoms with Crippen LogP contribution in [0.5, 0.6) is 0 Å². The van der Waals surface area contributed by atoms with Crippen molar-refractivity contribution in [1.29, 1.82) is 0 Å². The van der Waals surface area contributed by atoms with E-state index in [2.05, 4.69) is 13.2 Å². The Labute approximate surface area is 119 Å². The minimum Gasteiger partial charge on any atom is -0.107 e. The molecule has 19 heavy (non-hydrogen) atoms. The van der Waals surface area contributed by atoms with Gasteiger partial charge in [0.2, 0.25) is 0 Å². The van der Waals surface area contributed by atoms with Crippen LogP contribution in [-0.4, -0.2) is 0 Å². The van der Waals surface area contributed by atoms with E-state index in [4.69, 9.17) is 0 Å². The molecule has 2 aromatic carbocycles. The summed E-state index contributed by atoms with van der Waals surface area (Å²) in [6.07, 6.45) is 0. The first kappa shape index (κ1) is 15.4. The lowest BCUT2D eigenvalue weighted by Gasteiger charge is -1.87. The second-order valence-electron chi connectivity index (χ2n) is 3.43. The van der Waals surface area contributed by atoms with Crippen LogP contribution in [-0.2, 0) is 4.57 Å². The van der Waals surface area contributed by atoms with Crippen LogP contribution in [0.1, 0.15) is 0 Å². The first-order valence-corrected chi connectivity index (χ1v) is 7.94. The number of hydrogen-bond donors (Lipinski definition) is 0. The standard InChI is InChI=1S/C12H10OP.C4H6S/c13-14(11-7-3-1-4-8-11)12-9-5-2-6-10-12;1-3-5-4-2/h1-10H;3-4H,1-2H2/q+1;. The molecular formula is C16H16OPS+. The molecule has 2 rings (SSSR count). The third kappa shape index (κ3) is 5.69. The number of hydrogen-bond acceptors (Lipinski definition) is 2. The quantitative estimate of drug-likeness (QED) is 0.772. The molecule has 0 aromatic heterocycles. The number of benzene rings is 2. The normalized spacial score (nSPS) is 8.84. The third-order valence-electron chi connectivity index (χ3n) is 2.17. The van der Waals surface area contributed by atoms with Crippen molar-refractivity contribution < 1.29 is 4.57 Å². The van der Waals surface area contributed by atoms with Crippen LogP contribution in [0.25, 0.3) is 0 Å². The molecule has 3 heteroatoms. The molecule has 0 unspecified atom stereocenters. The highest BCUT2D eigenvalue weighted by Gasteiger charge is 2.21. The third-order valence-corrected chi connectivity index (χ3v) is 4.09. The molecule has 0 atom stereocenters. The predicted octanol–water partition coefficient (Wildman–Crippen LogP) is 4.47. The van der Waals surface area contributed by atoms with E-state index in [0.717, 1.165) is 10.6 Å². The lowest BCUT2D eigenvalue weighted by Crippen LogP contribution is -2.04. The van der Waals surface area contributed by atoms with E-state index in [1.54, 1.807) is 10.8 Å². The molecule has 0 aliphatic rings. The van der Waals surface area contributed by atoms with Crippen molar-refractivity contribution >= 4 is 30.2 Å². The molecule has 0 saturated carbocycles. The molecule has 96 valence electrons. The van der Waals surface area contributed by atoms with Gasteiger partial charge in [-0.3, -0.25) is 0 Å². The predicted molar refractivity (Wildman–Crippen MR) is 87.7 cm³/mol. The van der Waals surface area contributed by atoms with Crippen LogP contribution in [0.3, 0.4) is 0 Å². The van der Waals surface area contributed by atoms with Gasteiger partial charge in [0.15, 0.2) is 10.6 Å². The summed E-state index contributed by atoms with van der Waals surface area (Å²) in [6, 6.07) is 19.1. The molecule has 0 spiro atoms. The SMILES string of the molecule is C=CSC=C.O=[P+](c1ccccc1)c1ccccc1. The minimum atomic E-state index is -1.42. The van der Waals surface area contributed by atoms with Crippen LogP contribution in [0, 0.1) is 0 Å². The largest absolute Gasteiger partial charge is 0.415 e. The van der Waals surface area contributed by atoms with Gasteiger partial charge in [-0.2, -0.15) is 0 Å². The second-order valence-corrected chi connectivity index (χ2v) is 6.00. The Kier molecular flexibility index (Phi) is 7.57. The van der Waals surface area contributed by atoms with Crippen molar-refractivity contribution in [3.8, 4) is 0 Å². The Morgan fingerprint density at radius 3 is 1.42 bits per heavy atom. The highest BCUT2D eigenvalue weighted by Crippen LogP contribution is 2.18. The van der Waals surface area contributed by atoms with Gasteiger partial charge in [0, 0.05) is 0 Å². The molecule has 1 nitrogen and oxygen atoms in total. The Bertz CT molecular complexity index is 475. The summed E-state index contributed by atoms with van der Waals surface area (Å²) >= 11 is 1.49. The summed E-state index contributed by atoms with van der Waals surface area (Å²) < 4.78 is 12.0. The topological polar surface area (TPSA) is 17.1 Å². The van der Waals surface area contributed by atoms with E-state index in [9.17, 15) is 4.57 Å².